The van der Waals surface area contributed by atoms with E-state index < -0.39 is 10.8 Å². The molecule has 1 heterocycles. The number of nitrogens with zero attached hydrogens (tertiary/aromatic N) is 3. The molecule has 0 unspecified atom stereocenters. The summed E-state index contributed by atoms with van der Waals surface area (Å²) in [5.74, 6) is 1.20. The molecule has 3 rings (SSSR count). The van der Waals surface area contributed by atoms with E-state index in [1.807, 2.05) is 32.9 Å². The van der Waals surface area contributed by atoms with Gasteiger partial charge in [-0.1, -0.05) is 87.3 Å². The zero-order valence-electron chi connectivity index (χ0n) is 27.7. The van der Waals surface area contributed by atoms with Crippen molar-refractivity contribution in [2.45, 2.75) is 133 Å². The summed E-state index contributed by atoms with van der Waals surface area (Å²) in [4.78, 5) is 26.0. The molecule has 0 spiro atoms. The molecule has 2 aliphatic rings. The van der Waals surface area contributed by atoms with E-state index in [0.717, 1.165) is 50.5 Å². The van der Waals surface area contributed by atoms with Gasteiger partial charge in [-0.15, -0.1) is 10.2 Å². The summed E-state index contributed by atoms with van der Waals surface area (Å²) in [5.41, 5.74) is -0.584. The van der Waals surface area contributed by atoms with Crippen molar-refractivity contribution in [2.75, 3.05) is 0 Å². The van der Waals surface area contributed by atoms with Gasteiger partial charge in [0, 0.05) is 23.2 Å². The molecule has 4 atom stereocenters. The number of nitriles is 1. The molecule has 0 bridgehead atoms. The predicted octanol–water partition coefficient (Wildman–Crippen LogP) is 8.66. The third-order valence-electron chi connectivity index (χ3n) is 11.6. The summed E-state index contributed by atoms with van der Waals surface area (Å²) in [6.45, 7) is 25.6. The number of aryl methyl sites for hydroxylation is 1. The lowest BCUT2D eigenvalue weighted by Gasteiger charge is -2.61. The van der Waals surface area contributed by atoms with E-state index in [-0.39, 0.29) is 44.7 Å². The summed E-state index contributed by atoms with van der Waals surface area (Å²) in [6, 6.07) is 2.18. The fourth-order valence-corrected chi connectivity index (χ4v) is 7.65. The Balaban J connectivity index is 2.06. The maximum atomic E-state index is 13.3. The molecular weight excluding hydrogens is 510 g/mol. The molecule has 1 saturated carbocycles. The topological polar surface area (TPSA) is 96.8 Å². The molecule has 226 valence electrons. The van der Waals surface area contributed by atoms with Crippen LogP contribution in [0.25, 0.3) is 0 Å². The van der Waals surface area contributed by atoms with Gasteiger partial charge in [0.05, 0.1) is 5.57 Å². The van der Waals surface area contributed by atoms with Crippen LogP contribution < -0.4 is 0 Å². The van der Waals surface area contributed by atoms with E-state index >= 15 is 0 Å². The molecule has 1 aromatic heterocycles. The molecule has 0 saturated heterocycles. The van der Waals surface area contributed by atoms with Gasteiger partial charge in [0.25, 0.3) is 0 Å². The van der Waals surface area contributed by atoms with Gasteiger partial charge < -0.3 is 4.42 Å². The van der Waals surface area contributed by atoms with Crippen molar-refractivity contribution >= 4 is 11.6 Å². The Morgan fingerprint density at radius 2 is 1.71 bits per heavy atom. The van der Waals surface area contributed by atoms with Gasteiger partial charge in [0.15, 0.2) is 11.6 Å². The van der Waals surface area contributed by atoms with Crippen LogP contribution in [0.4, 0.5) is 0 Å². The first kappa shape index (κ1) is 33.0. The fourth-order valence-electron chi connectivity index (χ4n) is 7.65. The number of hydrogen-bond donors (Lipinski definition) is 0. The Hall–Kier alpha value is -2.55. The summed E-state index contributed by atoms with van der Waals surface area (Å²) < 4.78 is 6.05. The number of Topliss-reactive ketones (excluding diaryl/α,β-unsaturated/α-hetero) is 1. The monoisotopic (exact) mass is 563 g/mol. The molecule has 0 aliphatic heterocycles. The predicted molar refractivity (Wildman–Crippen MR) is 163 cm³/mol. The summed E-state index contributed by atoms with van der Waals surface area (Å²) in [5, 5.41) is 18.6. The molecule has 6 heteroatoms. The number of carbonyl (C=O) groups excluding carboxylic acids is 2. The number of carbonyl (C=O) groups is 2. The van der Waals surface area contributed by atoms with Crippen LogP contribution >= 0.6 is 0 Å². The number of fused-ring (bicyclic) bond motifs is 1. The Kier molecular flexibility index (Phi) is 8.79. The maximum Gasteiger partial charge on any atom is 0.222 e. The van der Waals surface area contributed by atoms with Gasteiger partial charge in [0.1, 0.15) is 6.07 Å². The van der Waals surface area contributed by atoms with Crippen LogP contribution in [-0.4, -0.2) is 21.8 Å². The third kappa shape index (κ3) is 5.88. The fraction of sp³-hybridized carbons (Fsp3) is 0.743. The number of aromatic nitrogens is 2. The SMILES string of the molecule is CCC(C)(C)CC[C@@](C)(CCC(C)(C)[C@]1(C)CC[C@H]2C(C)(C)C(=O)C(C#N)=C[C@]2(C)/C1=C/C(C)=O)c1nnc(C)o1. The summed E-state index contributed by atoms with van der Waals surface area (Å²) in [6.07, 6.45) is 10.3. The Labute approximate surface area is 248 Å². The average Bonchev–Trinajstić information content (AvgIpc) is 3.33. The highest BCUT2D eigenvalue weighted by Crippen LogP contribution is 2.67. The zero-order valence-corrected chi connectivity index (χ0v) is 27.7. The first-order valence-corrected chi connectivity index (χ1v) is 15.4. The van der Waals surface area contributed by atoms with Crippen LogP contribution in [0.3, 0.4) is 0 Å². The second-order valence-corrected chi connectivity index (χ2v) is 15.7. The lowest BCUT2D eigenvalue weighted by atomic mass is 9.42. The van der Waals surface area contributed by atoms with Crippen LogP contribution in [0.1, 0.15) is 133 Å². The van der Waals surface area contributed by atoms with Gasteiger partial charge in [-0.05, 0) is 73.7 Å². The van der Waals surface area contributed by atoms with Crippen molar-refractivity contribution < 1.29 is 14.0 Å². The molecule has 0 N–H and O–H groups in total. The highest BCUT2D eigenvalue weighted by Gasteiger charge is 2.61. The highest BCUT2D eigenvalue weighted by atomic mass is 16.4. The van der Waals surface area contributed by atoms with Crippen LogP contribution in [0.5, 0.6) is 0 Å². The zero-order chi connectivity index (χ0) is 31.2. The van der Waals surface area contributed by atoms with E-state index in [1.165, 1.54) is 0 Å². The Morgan fingerprint density at radius 3 is 2.22 bits per heavy atom. The molecule has 1 aromatic rings. The largest absolute Gasteiger partial charge is 0.425 e. The van der Waals surface area contributed by atoms with E-state index in [2.05, 4.69) is 71.7 Å². The van der Waals surface area contributed by atoms with Crippen molar-refractivity contribution in [3.8, 4) is 6.07 Å². The van der Waals surface area contributed by atoms with Crippen molar-refractivity contribution in [2.24, 2.45) is 33.0 Å². The lowest BCUT2D eigenvalue weighted by Crippen LogP contribution is -2.55. The van der Waals surface area contributed by atoms with Gasteiger partial charge in [-0.25, -0.2) is 0 Å². The standard InChI is InChI=1S/C35H53N3O3/c1-13-30(4,5)16-18-33(10,29-38-37-24(3)41-29)19-17-31(6,7)35(12)15-14-26-32(8,9)28(40)25(22-36)21-34(26,11)27(35)20-23(2)39/h20-21,26H,13-19H2,1-12H3/b27-20-/t26-,33-,34-,35+/m0/s1. The lowest BCUT2D eigenvalue weighted by molar-refractivity contribution is -0.131. The normalized spacial score (nSPS) is 29.0. The summed E-state index contributed by atoms with van der Waals surface area (Å²) in [7, 11) is 0. The van der Waals surface area contributed by atoms with E-state index in [1.54, 1.807) is 6.92 Å². The average molecular weight is 564 g/mol. The molecule has 6 nitrogen and oxygen atoms in total. The molecular formula is C35H53N3O3. The summed E-state index contributed by atoms with van der Waals surface area (Å²) >= 11 is 0. The minimum absolute atomic E-state index is 0.00140. The minimum atomic E-state index is -0.684. The van der Waals surface area contributed by atoms with Crippen molar-refractivity contribution in [3.05, 3.63) is 35.1 Å². The van der Waals surface area contributed by atoms with Crippen LogP contribution in [0.2, 0.25) is 0 Å². The van der Waals surface area contributed by atoms with Crippen molar-refractivity contribution in [1.82, 2.24) is 10.2 Å². The van der Waals surface area contributed by atoms with Crippen LogP contribution in [0, 0.1) is 51.2 Å². The number of hydrogen-bond acceptors (Lipinski definition) is 6. The van der Waals surface area contributed by atoms with Gasteiger partial charge in [0.2, 0.25) is 11.8 Å². The van der Waals surface area contributed by atoms with Crippen LogP contribution in [0.15, 0.2) is 27.7 Å². The second kappa shape index (κ2) is 10.9. The first-order valence-electron chi connectivity index (χ1n) is 15.4. The highest BCUT2D eigenvalue weighted by molar-refractivity contribution is 6.04. The minimum Gasteiger partial charge on any atom is -0.425 e. The van der Waals surface area contributed by atoms with Gasteiger partial charge in [-0.2, -0.15) is 5.26 Å². The maximum absolute atomic E-state index is 13.3. The van der Waals surface area contributed by atoms with E-state index in [9.17, 15) is 14.9 Å². The third-order valence-corrected chi connectivity index (χ3v) is 11.6. The number of allylic oxidation sites excluding steroid dienone is 4. The first-order chi connectivity index (χ1) is 18.7. The second-order valence-electron chi connectivity index (χ2n) is 15.7. The Morgan fingerprint density at radius 1 is 1.10 bits per heavy atom. The molecule has 0 amide bonds. The van der Waals surface area contributed by atoms with Gasteiger partial charge in [-0.3, -0.25) is 9.59 Å². The molecule has 41 heavy (non-hydrogen) atoms. The van der Waals surface area contributed by atoms with Crippen molar-refractivity contribution in [3.63, 3.8) is 0 Å². The smallest absolute Gasteiger partial charge is 0.222 e. The van der Waals surface area contributed by atoms with Crippen molar-refractivity contribution in [1.29, 1.82) is 5.26 Å². The van der Waals surface area contributed by atoms with E-state index in [4.69, 9.17) is 4.42 Å². The molecule has 1 fully saturated rings. The Bertz CT molecular complexity index is 1290. The number of rotatable bonds is 10. The van der Waals surface area contributed by atoms with Crippen LogP contribution in [-0.2, 0) is 15.0 Å². The van der Waals surface area contributed by atoms with E-state index in [0.29, 0.717) is 11.8 Å². The van der Waals surface area contributed by atoms with Gasteiger partial charge >= 0.3 is 0 Å². The quantitative estimate of drug-likeness (QED) is 0.264. The molecule has 2 aliphatic carbocycles. The number of ketones is 2. The molecule has 0 radical (unpaired) electrons. The molecule has 0 aromatic carbocycles.